The van der Waals surface area contributed by atoms with Crippen molar-refractivity contribution in [3.8, 4) is 0 Å². The maximum atomic E-state index is 11.0. The normalized spacial score (nSPS) is 14.1. The molecule has 0 spiro atoms. The van der Waals surface area contributed by atoms with Gasteiger partial charge in [-0.25, -0.2) is 0 Å². The second kappa shape index (κ2) is 4.71. The lowest BCUT2D eigenvalue weighted by Crippen LogP contribution is -2.31. The number of para-hydroxylation sites is 1. The predicted octanol–water partition coefficient (Wildman–Crippen LogP) is 1.11. The zero-order valence-electron chi connectivity index (χ0n) is 8.66. The van der Waals surface area contributed by atoms with Crippen molar-refractivity contribution in [1.82, 2.24) is 0 Å². The average Bonchev–Trinajstić information content (AvgIpc) is 2.17. The van der Waals surface area contributed by atoms with Gasteiger partial charge in [0.15, 0.2) is 0 Å². The van der Waals surface area contributed by atoms with Gasteiger partial charge in [0.25, 0.3) is 5.69 Å². The van der Waals surface area contributed by atoms with Crippen LogP contribution in [0.5, 0.6) is 0 Å². The van der Waals surface area contributed by atoms with E-state index in [-0.39, 0.29) is 11.3 Å². The highest BCUT2D eigenvalue weighted by Gasteiger charge is 2.30. The molecule has 0 aliphatic rings. The summed E-state index contributed by atoms with van der Waals surface area (Å²) in [5, 5.41) is 19.7. The molecule has 1 aromatic rings. The summed E-state index contributed by atoms with van der Waals surface area (Å²) in [5.41, 5.74) is 5.45. The van der Waals surface area contributed by atoms with Gasteiger partial charge in [-0.2, -0.15) is 0 Å². The standard InChI is InChI=1S/C10H12N2O4/c1-6(11)9(10(13)14)7-4-2-3-5-8(7)12(15)16/h2-6,9H,11H2,1H3,(H,13,14). The number of carboxylic acids is 1. The Balaban J connectivity index is 3.29. The highest BCUT2D eigenvalue weighted by molar-refractivity contribution is 5.78. The largest absolute Gasteiger partial charge is 0.481 e. The number of rotatable bonds is 4. The molecule has 6 heteroatoms. The minimum atomic E-state index is -1.16. The molecule has 0 fully saturated rings. The lowest BCUT2D eigenvalue weighted by molar-refractivity contribution is -0.385. The Labute approximate surface area is 91.8 Å². The summed E-state index contributed by atoms with van der Waals surface area (Å²) < 4.78 is 0. The topological polar surface area (TPSA) is 106 Å². The van der Waals surface area contributed by atoms with E-state index in [2.05, 4.69) is 0 Å². The van der Waals surface area contributed by atoms with Crippen LogP contribution in [0.1, 0.15) is 18.4 Å². The number of nitrogens with zero attached hydrogens (tertiary/aromatic N) is 1. The fraction of sp³-hybridized carbons (Fsp3) is 0.300. The molecule has 86 valence electrons. The first-order chi connectivity index (χ1) is 7.45. The molecule has 2 unspecified atom stereocenters. The first-order valence-corrected chi connectivity index (χ1v) is 4.67. The number of benzene rings is 1. The molecule has 1 rings (SSSR count). The number of carbonyl (C=O) groups is 1. The third-order valence-electron chi connectivity index (χ3n) is 2.26. The molecule has 0 heterocycles. The Morgan fingerprint density at radius 3 is 2.50 bits per heavy atom. The molecule has 0 amide bonds. The first kappa shape index (κ1) is 12.1. The van der Waals surface area contributed by atoms with Crippen LogP contribution in [0.25, 0.3) is 0 Å². The molecule has 6 nitrogen and oxygen atoms in total. The van der Waals surface area contributed by atoms with Crippen molar-refractivity contribution >= 4 is 11.7 Å². The summed E-state index contributed by atoms with van der Waals surface area (Å²) >= 11 is 0. The number of nitro groups is 1. The molecular weight excluding hydrogens is 212 g/mol. The number of aliphatic carboxylic acids is 1. The molecule has 0 radical (unpaired) electrons. The fourth-order valence-corrected chi connectivity index (χ4v) is 1.56. The summed E-state index contributed by atoms with van der Waals surface area (Å²) in [6.07, 6.45) is 0. The van der Waals surface area contributed by atoms with Crippen LogP contribution in [0.3, 0.4) is 0 Å². The maximum absolute atomic E-state index is 11.0. The predicted molar refractivity (Wildman–Crippen MR) is 57.1 cm³/mol. The Kier molecular flexibility index (Phi) is 3.57. The molecule has 0 bridgehead atoms. The summed E-state index contributed by atoms with van der Waals surface area (Å²) in [7, 11) is 0. The molecule has 0 saturated heterocycles. The second-order valence-corrected chi connectivity index (χ2v) is 3.49. The van der Waals surface area contributed by atoms with E-state index in [0.717, 1.165) is 0 Å². The SMILES string of the molecule is CC(N)C(C(=O)O)c1ccccc1[N+](=O)[O-]. The Morgan fingerprint density at radius 2 is 2.06 bits per heavy atom. The zero-order valence-corrected chi connectivity index (χ0v) is 8.66. The van der Waals surface area contributed by atoms with Crippen LogP contribution in [-0.2, 0) is 4.79 Å². The minimum absolute atomic E-state index is 0.134. The molecular formula is C10H12N2O4. The van der Waals surface area contributed by atoms with Crippen LogP contribution in [0, 0.1) is 10.1 Å². The van der Waals surface area contributed by atoms with Gasteiger partial charge in [-0.15, -0.1) is 0 Å². The lowest BCUT2D eigenvalue weighted by Gasteiger charge is -2.16. The van der Waals surface area contributed by atoms with E-state index >= 15 is 0 Å². The number of carboxylic acid groups (broad SMARTS) is 1. The van der Waals surface area contributed by atoms with Crippen LogP contribution in [0.15, 0.2) is 24.3 Å². The number of nitrogens with two attached hydrogens (primary N) is 1. The molecule has 0 aliphatic heterocycles. The lowest BCUT2D eigenvalue weighted by atomic mass is 9.92. The van der Waals surface area contributed by atoms with Gasteiger partial charge >= 0.3 is 5.97 Å². The van der Waals surface area contributed by atoms with Gasteiger partial charge in [-0.05, 0) is 6.92 Å². The Hall–Kier alpha value is -1.95. The highest BCUT2D eigenvalue weighted by Crippen LogP contribution is 2.28. The second-order valence-electron chi connectivity index (χ2n) is 3.49. The van der Waals surface area contributed by atoms with Gasteiger partial charge in [0.2, 0.25) is 0 Å². The van der Waals surface area contributed by atoms with Crippen molar-refractivity contribution in [3.05, 3.63) is 39.9 Å². The van der Waals surface area contributed by atoms with Crippen LogP contribution < -0.4 is 5.73 Å². The highest BCUT2D eigenvalue weighted by atomic mass is 16.6. The van der Waals surface area contributed by atoms with E-state index in [4.69, 9.17) is 10.8 Å². The van der Waals surface area contributed by atoms with E-state index in [1.54, 1.807) is 6.07 Å². The van der Waals surface area contributed by atoms with Crippen LogP contribution in [-0.4, -0.2) is 22.0 Å². The van der Waals surface area contributed by atoms with Gasteiger partial charge in [-0.3, -0.25) is 14.9 Å². The number of nitro benzene ring substituents is 1. The zero-order chi connectivity index (χ0) is 12.3. The molecule has 16 heavy (non-hydrogen) atoms. The average molecular weight is 224 g/mol. The van der Waals surface area contributed by atoms with Crippen LogP contribution >= 0.6 is 0 Å². The summed E-state index contributed by atoms with van der Waals surface area (Å²) in [5.74, 6) is -2.23. The van der Waals surface area contributed by atoms with Crippen molar-refractivity contribution in [2.45, 2.75) is 18.9 Å². The molecule has 3 N–H and O–H groups in total. The van der Waals surface area contributed by atoms with Crippen LogP contribution in [0.2, 0.25) is 0 Å². The molecule has 0 saturated carbocycles. The smallest absolute Gasteiger partial charge is 0.312 e. The molecule has 2 atom stereocenters. The van der Waals surface area contributed by atoms with Crippen molar-refractivity contribution in [1.29, 1.82) is 0 Å². The maximum Gasteiger partial charge on any atom is 0.312 e. The van der Waals surface area contributed by atoms with Crippen molar-refractivity contribution < 1.29 is 14.8 Å². The summed E-state index contributed by atoms with van der Waals surface area (Å²) in [6.45, 7) is 1.51. The Morgan fingerprint density at radius 1 is 1.50 bits per heavy atom. The van der Waals surface area contributed by atoms with Crippen molar-refractivity contribution in [3.63, 3.8) is 0 Å². The van der Waals surface area contributed by atoms with Gasteiger partial charge in [-0.1, -0.05) is 18.2 Å². The van der Waals surface area contributed by atoms with Gasteiger partial charge in [0.05, 0.1) is 4.92 Å². The number of hydrogen-bond acceptors (Lipinski definition) is 4. The molecule has 1 aromatic carbocycles. The summed E-state index contributed by atoms with van der Waals surface area (Å²) in [4.78, 5) is 21.2. The fourth-order valence-electron chi connectivity index (χ4n) is 1.56. The first-order valence-electron chi connectivity index (χ1n) is 4.67. The van der Waals surface area contributed by atoms with Gasteiger partial charge < -0.3 is 10.8 Å². The van der Waals surface area contributed by atoms with Gasteiger partial charge in [0, 0.05) is 17.7 Å². The van der Waals surface area contributed by atoms with E-state index in [1.165, 1.54) is 25.1 Å². The summed E-state index contributed by atoms with van der Waals surface area (Å²) in [6, 6.07) is 5.04. The van der Waals surface area contributed by atoms with Crippen LogP contribution in [0.4, 0.5) is 5.69 Å². The quantitative estimate of drug-likeness (QED) is 0.588. The van der Waals surface area contributed by atoms with Crippen molar-refractivity contribution in [2.75, 3.05) is 0 Å². The van der Waals surface area contributed by atoms with Gasteiger partial charge in [0.1, 0.15) is 5.92 Å². The monoisotopic (exact) mass is 224 g/mol. The third-order valence-corrected chi connectivity index (χ3v) is 2.26. The minimum Gasteiger partial charge on any atom is -0.481 e. The molecule has 0 aliphatic carbocycles. The van der Waals surface area contributed by atoms with E-state index < -0.39 is 22.9 Å². The third kappa shape index (κ3) is 2.34. The van der Waals surface area contributed by atoms with E-state index in [1.807, 2.05) is 0 Å². The number of hydrogen-bond donors (Lipinski definition) is 2. The van der Waals surface area contributed by atoms with E-state index in [0.29, 0.717) is 0 Å². The van der Waals surface area contributed by atoms with E-state index in [9.17, 15) is 14.9 Å². The van der Waals surface area contributed by atoms with Crippen molar-refractivity contribution in [2.24, 2.45) is 5.73 Å². The Bertz CT molecular complexity index is 417. The molecule has 0 aromatic heterocycles.